The zero-order chi connectivity index (χ0) is 17.3. The Kier molecular flexibility index (Phi) is 4.32. The molecule has 6 heteroatoms. The molecule has 128 valence electrons. The first-order chi connectivity index (χ1) is 11.4. The lowest BCUT2D eigenvalue weighted by molar-refractivity contribution is -0.137. The molecule has 1 aromatic heterocycles. The highest BCUT2D eigenvalue weighted by molar-refractivity contribution is 5.99. The highest BCUT2D eigenvalue weighted by Crippen LogP contribution is 2.39. The number of aliphatic imine (C=N–C) groups is 1. The number of hydrogen-bond donors (Lipinski definition) is 2. The number of nitrogens with one attached hydrogen (secondary N) is 1. The summed E-state index contributed by atoms with van der Waals surface area (Å²) in [6.07, 6.45) is 1.53. The van der Waals surface area contributed by atoms with Gasteiger partial charge < -0.3 is 19.6 Å². The van der Waals surface area contributed by atoms with Crippen molar-refractivity contribution in [1.82, 2.24) is 4.98 Å². The largest absolute Gasteiger partial charge is 0.491 e. The number of carbonyl (C=O) groups is 1. The summed E-state index contributed by atoms with van der Waals surface area (Å²) >= 11 is 0. The monoisotopic (exact) mass is 330 g/mol. The first-order valence-electron chi connectivity index (χ1n) is 7.94. The van der Waals surface area contributed by atoms with Crippen molar-refractivity contribution >= 4 is 23.1 Å². The van der Waals surface area contributed by atoms with E-state index in [1.54, 1.807) is 7.11 Å². The fraction of sp³-hybridized carbons (Fsp3) is 0.444. The third-order valence-corrected chi connectivity index (χ3v) is 4.35. The molecule has 0 saturated carbocycles. The number of nitrogens with zero attached hydrogens (tertiary/aromatic N) is 1. The Hall–Kier alpha value is -2.34. The number of ether oxygens (including phenoxy) is 2. The van der Waals surface area contributed by atoms with Crippen LogP contribution in [0.5, 0.6) is 5.75 Å². The standard InChI is InChI=1S/C18H22N2O4/c1-18(2)10-19-9-13(17(21)22)16-15(18)12-5-4-11(8-14(12)20-16)24-7-6-23-3/h4-5,8-9,13,20H,6-7,10H2,1-3H3,(H,21,22). The number of fused-ring (bicyclic) bond motifs is 3. The molecular formula is C18H22N2O4. The summed E-state index contributed by atoms with van der Waals surface area (Å²) in [6.45, 7) is 5.72. The van der Waals surface area contributed by atoms with E-state index in [9.17, 15) is 9.90 Å². The molecule has 1 unspecified atom stereocenters. The highest BCUT2D eigenvalue weighted by Gasteiger charge is 2.35. The molecule has 0 saturated heterocycles. The number of carboxylic acid groups (broad SMARTS) is 1. The second-order valence-electron chi connectivity index (χ2n) is 6.65. The molecule has 0 aliphatic carbocycles. The molecule has 2 aromatic rings. The van der Waals surface area contributed by atoms with Crippen LogP contribution in [0.25, 0.3) is 10.9 Å². The molecule has 2 heterocycles. The van der Waals surface area contributed by atoms with E-state index in [2.05, 4.69) is 23.8 Å². The lowest BCUT2D eigenvalue weighted by Gasteiger charge is -2.23. The van der Waals surface area contributed by atoms with Gasteiger partial charge in [0.15, 0.2) is 0 Å². The predicted octanol–water partition coefficient (Wildman–Crippen LogP) is 2.72. The zero-order valence-electron chi connectivity index (χ0n) is 14.1. The minimum atomic E-state index is -0.902. The topological polar surface area (TPSA) is 83.9 Å². The van der Waals surface area contributed by atoms with E-state index in [0.717, 1.165) is 22.2 Å². The lowest BCUT2D eigenvalue weighted by atomic mass is 9.81. The number of rotatable bonds is 5. The van der Waals surface area contributed by atoms with Gasteiger partial charge in [0.05, 0.1) is 6.61 Å². The van der Waals surface area contributed by atoms with Gasteiger partial charge in [-0.15, -0.1) is 0 Å². The van der Waals surface area contributed by atoms with Crippen molar-refractivity contribution in [3.63, 3.8) is 0 Å². The molecule has 1 atom stereocenters. The molecule has 0 fully saturated rings. The van der Waals surface area contributed by atoms with Crippen LogP contribution in [0, 0.1) is 0 Å². The van der Waals surface area contributed by atoms with Crippen LogP contribution in [0.2, 0.25) is 0 Å². The summed E-state index contributed by atoms with van der Waals surface area (Å²) in [6, 6.07) is 5.80. The van der Waals surface area contributed by atoms with Crippen molar-refractivity contribution in [3.05, 3.63) is 29.5 Å². The van der Waals surface area contributed by atoms with E-state index in [-0.39, 0.29) is 5.41 Å². The second kappa shape index (κ2) is 6.28. The molecule has 0 spiro atoms. The van der Waals surface area contributed by atoms with Gasteiger partial charge in [-0.25, -0.2) is 0 Å². The van der Waals surface area contributed by atoms with Crippen LogP contribution < -0.4 is 4.74 Å². The highest BCUT2D eigenvalue weighted by atomic mass is 16.5. The molecule has 1 aliphatic heterocycles. The Balaban J connectivity index is 2.09. The average Bonchev–Trinajstić information content (AvgIpc) is 2.84. The van der Waals surface area contributed by atoms with E-state index in [1.807, 2.05) is 18.2 Å². The lowest BCUT2D eigenvalue weighted by Crippen LogP contribution is -2.22. The Morgan fingerprint density at radius 2 is 2.21 bits per heavy atom. The van der Waals surface area contributed by atoms with Gasteiger partial charge in [0, 0.05) is 47.9 Å². The van der Waals surface area contributed by atoms with Gasteiger partial charge in [0.25, 0.3) is 0 Å². The van der Waals surface area contributed by atoms with Gasteiger partial charge in [-0.1, -0.05) is 13.8 Å². The molecule has 2 N–H and O–H groups in total. The fourth-order valence-corrected chi connectivity index (χ4v) is 3.22. The molecule has 0 radical (unpaired) electrons. The zero-order valence-corrected chi connectivity index (χ0v) is 14.1. The summed E-state index contributed by atoms with van der Waals surface area (Å²) in [5.74, 6) is -0.929. The van der Waals surface area contributed by atoms with E-state index in [0.29, 0.717) is 25.5 Å². The molecule has 1 aromatic carbocycles. The fourth-order valence-electron chi connectivity index (χ4n) is 3.22. The van der Waals surface area contributed by atoms with Crippen LogP contribution in [0.1, 0.15) is 31.0 Å². The summed E-state index contributed by atoms with van der Waals surface area (Å²) in [7, 11) is 1.63. The van der Waals surface area contributed by atoms with Crippen LogP contribution in [0.15, 0.2) is 23.2 Å². The van der Waals surface area contributed by atoms with E-state index >= 15 is 0 Å². The Morgan fingerprint density at radius 3 is 2.92 bits per heavy atom. The van der Waals surface area contributed by atoms with Gasteiger partial charge in [-0.3, -0.25) is 9.79 Å². The maximum absolute atomic E-state index is 11.6. The third kappa shape index (κ3) is 2.89. The smallest absolute Gasteiger partial charge is 0.318 e. The van der Waals surface area contributed by atoms with Gasteiger partial charge >= 0.3 is 5.97 Å². The predicted molar refractivity (Wildman–Crippen MR) is 92.4 cm³/mol. The maximum atomic E-state index is 11.6. The number of methoxy groups -OCH3 is 1. The van der Waals surface area contributed by atoms with Crippen LogP contribution >= 0.6 is 0 Å². The van der Waals surface area contributed by atoms with Crippen molar-refractivity contribution in [2.45, 2.75) is 25.2 Å². The van der Waals surface area contributed by atoms with Gasteiger partial charge in [-0.05, 0) is 17.7 Å². The summed E-state index contributed by atoms with van der Waals surface area (Å²) in [4.78, 5) is 19.3. The van der Waals surface area contributed by atoms with Crippen molar-refractivity contribution in [2.24, 2.45) is 4.99 Å². The van der Waals surface area contributed by atoms with Crippen LogP contribution in [0.4, 0.5) is 0 Å². The SMILES string of the molecule is COCCOc1ccc2c3c([nH]c2c1)C(C(=O)O)C=NCC3(C)C. The molecule has 24 heavy (non-hydrogen) atoms. The third-order valence-electron chi connectivity index (χ3n) is 4.35. The normalized spacial score (nSPS) is 19.0. The Labute approximate surface area is 140 Å². The number of H-pyrrole nitrogens is 1. The molecule has 3 rings (SSSR count). The van der Waals surface area contributed by atoms with E-state index < -0.39 is 11.9 Å². The van der Waals surface area contributed by atoms with Crippen LogP contribution in [-0.2, 0) is 14.9 Å². The second-order valence-corrected chi connectivity index (χ2v) is 6.65. The number of benzene rings is 1. The van der Waals surface area contributed by atoms with Crippen molar-refractivity contribution < 1.29 is 19.4 Å². The molecule has 0 amide bonds. The molecular weight excluding hydrogens is 308 g/mol. The number of hydrogen-bond acceptors (Lipinski definition) is 4. The first-order valence-corrected chi connectivity index (χ1v) is 7.94. The van der Waals surface area contributed by atoms with E-state index in [1.165, 1.54) is 6.21 Å². The Bertz CT molecular complexity index is 792. The van der Waals surface area contributed by atoms with Crippen molar-refractivity contribution in [2.75, 3.05) is 26.9 Å². The summed E-state index contributed by atoms with van der Waals surface area (Å²) < 4.78 is 10.6. The van der Waals surface area contributed by atoms with Gasteiger partial charge in [0.1, 0.15) is 18.3 Å². The molecule has 0 bridgehead atoms. The van der Waals surface area contributed by atoms with Crippen molar-refractivity contribution in [3.8, 4) is 5.75 Å². The van der Waals surface area contributed by atoms with Crippen LogP contribution in [0.3, 0.4) is 0 Å². The summed E-state index contributed by atoms with van der Waals surface area (Å²) in [5.41, 5.74) is 2.36. The maximum Gasteiger partial charge on any atom is 0.318 e. The van der Waals surface area contributed by atoms with E-state index in [4.69, 9.17) is 9.47 Å². The average molecular weight is 330 g/mol. The number of carboxylic acids is 1. The molecule has 1 aliphatic rings. The quantitative estimate of drug-likeness (QED) is 0.826. The van der Waals surface area contributed by atoms with Gasteiger partial charge in [0.2, 0.25) is 0 Å². The minimum absolute atomic E-state index is 0.243. The summed E-state index contributed by atoms with van der Waals surface area (Å²) in [5, 5.41) is 10.6. The number of aromatic nitrogens is 1. The first kappa shape index (κ1) is 16.5. The molecule has 6 nitrogen and oxygen atoms in total. The minimum Gasteiger partial charge on any atom is -0.491 e. The van der Waals surface area contributed by atoms with Crippen molar-refractivity contribution in [1.29, 1.82) is 0 Å². The van der Waals surface area contributed by atoms with Gasteiger partial charge in [-0.2, -0.15) is 0 Å². The van der Waals surface area contributed by atoms with Crippen LogP contribution in [-0.4, -0.2) is 49.1 Å². The Morgan fingerprint density at radius 1 is 1.42 bits per heavy atom. The number of aromatic amines is 1. The number of aliphatic carboxylic acids is 1.